The Bertz CT molecular complexity index is 280. The smallest absolute Gasteiger partial charge is 0.0415 e. The Labute approximate surface area is 91.7 Å². The van der Waals surface area contributed by atoms with Gasteiger partial charge in [0.2, 0.25) is 0 Å². The van der Waals surface area contributed by atoms with Crippen molar-refractivity contribution >= 4 is 27.3 Å². The molecule has 3 heteroatoms. The predicted octanol–water partition coefficient (Wildman–Crippen LogP) is 3.57. The molecule has 1 saturated carbocycles. The molecule has 0 bridgehead atoms. The number of hydrogen-bond acceptors (Lipinski definition) is 2. The van der Waals surface area contributed by atoms with E-state index in [2.05, 4.69) is 39.7 Å². The average molecular weight is 260 g/mol. The van der Waals surface area contributed by atoms with Gasteiger partial charge in [-0.2, -0.15) is 0 Å². The normalized spacial score (nSPS) is 18.9. The molecule has 1 atom stereocenters. The summed E-state index contributed by atoms with van der Waals surface area (Å²) in [5.41, 5.74) is 0. The first-order chi connectivity index (χ1) is 6.29. The molecule has 72 valence electrons. The number of nitrogens with one attached hydrogen (secondary N) is 1. The molecule has 1 aliphatic rings. The van der Waals surface area contributed by atoms with Crippen LogP contribution in [0.1, 0.15) is 30.2 Å². The summed E-state index contributed by atoms with van der Waals surface area (Å²) in [6, 6.07) is 2.80. The van der Waals surface area contributed by atoms with Gasteiger partial charge in [0.15, 0.2) is 0 Å². The summed E-state index contributed by atoms with van der Waals surface area (Å²) in [5, 5.41) is 5.55. The van der Waals surface area contributed by atoms with Crippen molar-refractivity contribution in [2.45, 2.75) is 25.3 Å². The van der Waals surface area contributed by atoms with E-state index in [1.165, 1.54) is 28.6 Å². The summed E-state index contributed by atoms with van der Waals surface area (Å²) in [4.78, 5) is 1.46. The number of hydrogen-bond donors (Lipinski definition) is 1. The van der Waals surface area contributed by atoms with Gasteiger partial charge in [-0.15, -0.1) is 11.3 Å². The van der Waals surface area contributed by atoms with Crippen molar-refractivity contribution < 1.29 is 0 Å². The molecule has 1 fully saturated rings. The fourth-order valence-electron chi connectivity index (χ4n) is 1.57. The van der Waals surface area contributed by atoms with Crippen molar-refractivity contribution in [3.8, 4) is 0 Å². The standard InChI is InChI=1S/C10H14BrNS/c1-12-9(4-7-2-3-7)10-5-8(11)6-13-10/h5-7,9,12H,2-4H2,1H3. The van der Waals surface area contributed by atoms with Crippen LogP contribution in [0.15, 0.2) is 15.9 Å². The highest BCUT2D eigenvalue weighted by Crippen LogP contribution is 2.39. The van der Waals surface area contributed by atoms with Crippen LogP contribution < -0.4 is 5.32 Å². The van der Waals surface area contributed by atoms with E-state index in [-0.39, 0.29) is 0 Å². The molecule has 1 aromatic heterocycles. The highest BCUT2D eigenvalue weighted by molar-refractivity contribution is 9.10. The fourth-order valence-corrected chi connectivity index (χ4v) is 3.14. The van der Waals surface area contributed by atoms with E-state index in [0.717, 1.165) is 5.92 Å². The molecular formula is C10H14BrNS. The SMILES string of the molecule is CNC(CC1CC1)c1cc(Br)cs1. The van der Waals surface area contributed by atoms with Gasteiger partial charge in [-0.05, 0) is 41.4 Å². The second kappa shape index (κ2) is 4.11. The highest BCUT2D eigenvalue weighted by Gasteiger charge is 2.26. The molecule has 2 rings (SSSR count). The number of thiophene rings is 1. The lowest BCUT2D eigenvalue weighted by Gasteiger charge is -2.13. The molecule has 0 aliphatic heterocycles. The maximum atomic E-state index is 3.49. The minimum absolute atomic E-state index is 0.573. The summed E-state index contributed by atoms with van der Waals surface area (Å²) in [7, 11) is 2.06. The van der Waals surface area contributed by atoms with Gasteiger partial charge >= 0.3 is 0 Å². The Morgan fingerprint density at radius 2 is 2.46 bits per heavy atom. The Morgan fingerprint density at radius 1 is 1.69 bits per heavy atom. The van der Waals surface area contributed by atoms with Gasteiger partial charge in [0, 0.05) is 20.8 Å². The van der Waals surface area contributed by atoms with Crippen LogP contribution in [-0.2, 0) is 0 Å². The molecule has 0 saturated heterocycles. The Kier molecular flexibility index (Phi) is 3.06. The molecule has 1 nitrogen and oxygen atoms in total. The lowest BCUT2D eigenvalue weighted by Crippen LogP contribution is -2.15. The quantitative estimate of drug-likeness (QED) is 0.872. The van der Waals surface area contributed by atoms with E-state index in [1.807, 2.05) is 11.3 Å². The molecule has 1 aromatic rings. The van der Waals surface area contributed by atoms with Crippen LogP contribution in [-0.4, -0.2) is 7.05 Å². The van der Waals surface area contributed by atoms with Crippen molar-refractivity contribution in [3.63, 3.8) is 0 Å². The van der Waals surface area contributed by atoms with Crippen molar-refractivity contribution in [2.24, 2.45) is 5.92 Å². The molecular weight excluding hydrogens is 246 g/mol. The van der Waals surface area contributed by atoms with Gasteiger partial charge in [-0.3, -0.25) is 0 Å². The summed E-state index contributed by atoms with van der Waals surface area (Å²) in [6.07, 6.45) is 4.18. The zero-order valence-electron chi connectivity index (χ0n) is 7.72. The zero-order valence-corrected chi connectivity index (χ0v) is 10.1. The van der Waals surface area contributed by atoms with E-state index in [1.54, 1.807) is 0 Å². The minimum atomic E-state index is 0.573. The zero-order chi connectivity index (χ0) is 9.26. The summed E-state index contributed by atoms with van der Waals surface area (Å²) < 4.78 is 1.21. The van der Waals surface area contributed by atoms with Crippen molar-refractivity contribution in [1.29, 1.82) is 0 Å². The maximum absolute atomic E-state index is 3.49. The van der Waals surface area contributed by atoms with E-state index in [4.69, 9.17) is 0 Å². The Balaban J connectivity index is 2.01. The molecule has 1 N–H and O–H groups in total. The molecule has 0 amide bonds. The van der Waals surface area contributed by atoms with Crippen LogP contribution in [0.4, 0.5) is 0 Å². The van der Waals surface area contributed by atoms with E-state index < -0.39 is 0 Å². The largest absolute Gasteiger partial charge is 0.312 e. The number of halogens is 1. The monoisotopic (exact) mass is 259 g/mol. The Morgan fingerprint density at radius 3 is 2.92 bits per heavy atom. The Hall–Kier alpha value is 0.140. The minimum Gasteiger partial charge on any atom is -0.312 e. The lowest BCUT2D eigenvalue weighted by atomic mass is 10.1. The molecule has 1 unspecified atom stereocenters. The maximum Gasteiger partial charge on any atom is 0.0415 e. The van der Waals surface area contributed by atoms with Crippen molar-refractivity contribution in [2.75, 3.05) is 7.05 Å². The molecule has 13 heavy (non-hydrogen) atoms. The van der Waals surface area contributed by atoms with Crippen molar-refractivity contribution in [1.82, 2.24) is 5.32 Å². The molecule has 0 aromatic carbocycles. The van der Waals surface area contributed by atoms with Crippen LogP contribution in [0.3, 0.4) is 0 Å². The second-order valence-electron chi connectivity index (χ2n) is 3.69. The first kappa shape index (κ1) is 9.69. The van der Waals surface area contributed by atoms with Gasteiger partial charge in [-0.25, -0.2) is 0 Å². The van der Waals surface area contributed by atoms with Crippen LogP contribution in [0.5, 0.6) is 0 Å². The molecule has 0 radical (unpaired) electrons. The van der Waals surface area contributed by atoms with Gasteiger partial charge in [0.05, 0.1) is 0 Å². The van der Waals surface area contributed by atoms with Crippen LogP contribution in [0, 0.1) is 5.92 Å². The van der Waals surface area contributed by atoms with Crippen LogP contribution in [0.2, 0.25) is 0 Å². The average Bonchev–Trinajstić information content (AvgIpc) is 2.84. The van der Waals surface area contributed by atoms with E-state index >= 15 is 0 Å². The fraction of sp³-hybridized carbons (Fsp3) is 0.600. The summed E-state index contributed by atoms with van der Waals surface area (Å²) >= 11 is 5.34. The van der Waals surface area contributed by atoms with Gasteiger partial charge < -0.3 is 5.32 Å². The van der Waals surface area contributed by atoms with E-state index in [0.29, 0.717) is 6.04 Å². The predicted molar refractivity (Wildman–Crippen MR) is 61.2 cm³/mol. The first-order valence-electron chi connectivity index (χ1n) is 4.71. The molecule has 1 aliphatic carbocycles. The van der Waals surface area contributed by atoms with Crippen LogP contribution >= 0.6 is 27.3 Å². The van der Waals surface area contributed by atoms with Crippen LogP contribution in [0.25, 0.3) is 0 Å². The second-order valence-corrected chi connectivity index (χ2v) is 5.55. The number of rotatable bonds is 4. The van der Waals surface area contributed by atoms with Crippen molar-refractivity contribution in [3.05, 3.63) is 20.8 Å². The third-order valence-corrected chi connectivity index (χ3v) is 4.35. The van der Waals surface area contributed by atoms with E-state index in [9.17, 15) is 0 Å². The van der Waals surface area contributed by atoms with Gasteiger partial charge in [0.25, 0.3) is 0 Å². The third kappa shape index (κ3) is 2.55. The first-order valence-corrected chi connectivity index (χ1v) is 6.38. The molecule has 1 heterocycles. The molecule has 0 spiro atoms. The highest BCUT2D eigenvalue weighted by atomic mass is 79.9. The topological polar surface area (TPSA) is 12.0 Å². The van der Waals surface area contributed by atoms with Gasteiger partial charge in [0.1, 0.15) is 0 Å². The summed E-state index contributed by atoms with van der Waals surface area (Å²) in [5.74, 6) is 0.985. The summed E-state index contributed by atoms with van der Waals surface area (Å²) in [6.45, 7) is 0. The van der Waals surface area contributed by atoms with Gasteiger partial charge in [-0.1, -0.05) is 12.8 Å². The lowest BCUT2D eigenvalue weighted by molar-refractivity contribution is 0.522. The third-order valence-electron chi connectivity index (χ3n) is 2.55.